The Bertz CT molecular complexity index is 899. The first-order chi connectivity index (χ1) is 12.0. The molecule has 1 fully saturated rings. The predicted octanol–water partition coefficient (Wildman–Crippen LogP) is 4.59. The zero-order chi connectivity index (χ0) is 17.6. The van der Waals surface area contributed by atoms with Crippen LogP contribution < -0.4 is 4.90 Å². The van der Waals surface area contributed by atoms with Crippen LogP contribution in [0.4, 0.5) is 5.69 Å². The van der Waals surface area contributed by atoms with Crippen LogP contribution in [0.15, 0.2) is 65.2 Å². The molecule has 0 bridgehead atoms. The fourth-order valence-electron chi connectivity index (χ4n) is 3.40. The van der Waals surface area contributed by atoms with Crippen LogP contribution in [0.25, 0.3) is 0 Å². The van der Waals surface area contributed by atoms with E-state index in [-0.39, 0.29) is 11.7 Å². The lowest BCUT2D eigenvalue weighted by molar-refractivity contribution is -0.119. The van der Waals surface area contributed by atoms with E-state index in [4.69, 9.17) is 0 Å². The van der Waals surface area contributed by atoms with Crippen molar-refractivity contribution >= 4 is 29.1 Å². The van der Waals surface area contributed by atoms with Gasteiger partial charge in [-0.3, -0.25) is 14.5 Å². The molecule has 25 heavy (non-hydrogen) atoms. The molecule has 0 aromatic heterocycles. The maximum atomic E-state index is 13.1. The number of thioether (sulfide) groups is 1. The summed E-state index contributed by atoms with van der Waals surface area (Å²) in [5, 5.41) is 0.792. The second-order valence-corrected chi connectivity index (χ2v) is 8.47. The van der Waals surface area contributed by atoms with Crippen molar-refractivity contribution in [3.8, 4) is 0 Å². The highest BCUT2D eigenvalue weighted by atomic mass is 32.2. The van der Waals surface area contributed by atoms with Gasteiger partial charge in [0.2, 0.25) is 5.91 Å². The monoisotopic (exact) mass is 349 g/mol. The summed E-state index contributed by atoms with van der Waals surface area (Å²) in [5.74, 6) is 0.0774. The molecule has 0 atom stereocenters. The van der Waals surface area contributed by atoms with Crippen molar-refractivity contribution in [3.63, 3.8) is 0 Å². The van der Waals surface area contributed by atoms with E-state index in [2.05, 4.69) is 0 Å². The van der Waals surface area contributed by atoms with Gasteiger partial charge < -0.3 is 0 Å². The zero-order valence-corrected chi connectivity index (χ0v) is 15.1. The predicted molar refractivity (Wildman–Crippen MR) is 102 cm³/mol. The number of fused-ring (bicyclic) bond motifs is 1. The third-order valence-corrected chi connectivity index (χ3v) is 6.03. The molecule has 1 saturated heterocycles. The lowest BCUT2D eigenvalue weighted by atomic mass is 9.87. The van der Waals surface area contributed by atoms with Crippen molar-refractivity contribution < 1.29 is 9.59 Å². The summed E-state index contributed by atoms with van der Waals surface area (Å²) in [5.41, 5.74) is 3.44. The number of rotatable bonds is 1. The Hall–Kier alpha value is -2.33. The highest BCUT2D eigenvalue weighted by Gasteiger charge is 2.46. The highest BCUT2D eigenvalue weighted by Crippen LogP contribution is 2.48. The first-order valence-electron chi connectivity index (χ1n) is 8.43. The molecular formula is C21H19NO2S. The molecule has 0 unspecified atom stereocenters. The van der Waals surface area contributed by atoms with E-state index in [1.807, 2.05) is 68.4 Å². The third-order valence-electron chi connectivity index (χ3n) is 4.73. The van der Waals surface area contributed by atoms with Crippen molar-refractivity contribution in [1.29, 1.82) is 0 Å². The fourth-order valence-corrected chi connectivity index (χ4v) is 4.66. The van der Waals surface area contributed by atoms with Gasteiger partial charge in [-0.1, -0.05) is 54.2 Å². The van der Waals surface area contributed by atoms with E-state index < -0.39 is 4.75 Å². The number of nitrogens with zero attached hydrogens (tertiary/aromatic N) is 1. The van der Waals surface area contributed by atoms with Gasteiger partial charge in [-0.25, -0.2) is 0 Å². The summed E-state index contributed by atoms with van der Waals surface area (Å²) in [6, 6.07) is 17.4. The molecule has 2 aliphatic rings. The summed E-state index contributed by atoms with van der Waals surface area (Å²) < 4.78 is -0.574. The van der Waals surface area contributed by atoms with E-state index in [0.29, 0.717) is 6.42 Å². The van der Waals surface area contributed by atoms with Crippen LogP contribution in [0, 0.1) is 0 Å². The number of anilines is 1. The number of hydrogen-bond acceptors (Lipinski definition) is 3. The smallest absolute Gasteiger partial charge is 0.248 e. The van der Waals surface area contributed by atoms with Crippen molar-refractivity contribution in [2.75, 3.05) is 4.90 Å². The Kier molecular flexibility index (Phi) is 3.80. The minimum Gasteiger partial charge on any atom is -0.289 e. The molecule has 4 heteroatoms. The normalized spacial score (nSPS) is 22.2. The second-order valence-electron chi connectivity index (χ2n) is 6.86. The molecule has 0 radical (unpaired) electrons. The average Bonchev–Trinajstić information content (AvgIpc) is 2.86. The number of Topliss-reactive ketones (excluding diaryl/α,β-unsaturated/α-hetero) is 1. The van der Waals surface area contributed by atoms with Gasteiger partial charge in [0.15, 0.2) is 5.78 Å². The Morgan fingerprint density at radius 3 is 2.36 bits per heavy atom. The summed E-state index contributed by atoms with van der Waals surface area (Å²) in [4.78, 5) is 27.8. The van der Waals surface area contributed by atoms with Crippen LogP contribution in [-0.2, 0) is 11.2 Å². The molecular weight excluding hydrogens is 330 g/mol. The van der Waals surface area contributed by atoms with Gasteiger partial charge in [-0.2, -0.15) is 0 Å². The van der Waals surface area contributed by atoms with Gasteiger partial charge in [0, 0.05) is 16.8 Å². The zero-order valence-electron chi connectivity index (χ0n) is 14.3. The molecule has 1 aliphatic heterocycles. The van der Waals surface area contributed by atoms with Crippen LogP contribution in [-0.4, -0.2) is 16.4 Å². The maximum absolute atomic E-state index is 13.1. The molecule has 4 rings (SSSR count). The minimum atomic E-state index is -0.574. The summed E-state index contributed by atoms with van der Waals surface area (Å²) in [6.07, 6.45) is 1.50. The van der Waals surface area contributed by atoms with Gasteiger partial charge in [-0.05, 0) is 44.4 Å². The first kappa shape index (κ1) is 16.2. The van der Waals surface area contributed by atoms with Crippen LogP contribution >= 0.6 is 11.8 Å². The van der Waals surface area contributed by atoms with Crippen LogP contribution in [0.5, 0.6) is 0 Å². The number of ketones is 1. The van der Waals surface area contributed by atoms with E-state index in [1.54, 1.807) is 4.90 Å². The number of carbonyl (C=O) groups is 2. The third kappa shape index (κ3) is 2.61. The minimum absolute atomic E-state index is 0.0258. The Labute approximate surface area is 151 Å². The topological polar surface area (TPSA) is 37.4 Å². The standard InChI is InChI=1S/C21H19NO2S/c1-21(2)20(24)22(15-9-4-3-5-10-15)19(25-21)17-13-12-14-8-6-7-11-16(14)18(17)23/h3-11H,12-13H2,1-2H3/b19-17-. The van der Waals surface area contributed by atoms with Crippen molar-refractivity contribution in [2.45, 2.75) is 31.4 Å². The van der Waals surface area contributed by atoms with Gasteiger partial charge >= 0.3 is 0 Å². The largest absolute Gasteiger partial charge is 0.289 e. The van der Waals surface area contributed by atoms with Crippen LogP contribution in [0.3, 0.4) is 0 Å². The summed E-state index contributed by atoms with van der Waals surface area (Å²) in [6.45, 7) is 3.84. The number of hydrogen-bond donors (Lipinski definition) is 0. The van der Waals surface area contributed by atoms with E-state index in [9.17, 15) is 9.59 Å². The maximum Gasteiger partial charge on any atom is 0.248 e. The number of aryl methyl sites for hydroxylation is 1. The van der Waals surface area contributed by atoms with E-state index >= 15 is 0 Å². The lowest BCUT2D eigenvalue weighted by Gasteiger charge is -2.23. The number of benzene rings is 2. The van der Waals surface area contributed by atoms with Crippen molar-refractivity contribution in [3.05, 3.63) is 76.3 Å². The molecule has 0 N–H and O–H groups in total. The van der Waals surface area contributed by atoms with E-state index in [1.165, 1.54) is 11.8 Å². The number of carbonyl (C=O) groups excluding carboxylic acids is 2. The Balaban J connectivity index is 1.86. The molecule has 1 aliphatic carbocycles. The SMILES string of the molecule is CC1(C)S/C(=C2/CCc3ccccc3C2=O)N(c2ccccc2)C1=O. The van der Waals surface area contributed by atoms with Crippen LogP contribution in [0.2, 0.25) is 0 Å². The first-order valence-corrected chi connectivity index (χ1v) is 9.25. The van der Waals surface area contributed by atoms with Gasteiger partial charge in [-0.15, -0.1) is 0 Å². The Morgan fingerprint density at radius 1 is 0.920 bits per heavy atom. The summed E-state index contributed by atoms with van der Waals surface area (Å²) in [7, 11) is 0. The molecule has 2 aromatic rings. The molecule has 3 nitrogen and oxygen atoms in total. The number of allylic oxidation sites excluding steroid dienone is 1. The van der Waals surface area contributed by atoms with Gasteiger partial charge in [0.1, 0.15) is 0 Å². The van der Waals surface area contributed by atoms with Crippen LogP contribution in [0.1, 0.15) is 36.2 Å². The van der Waals surface area contributed by atoms with Crippen molar-refractivity contribution in [1.82, 2.24) is 0 Å². The molecule has 1 heterocycles. The highest BCUT2D eigenvalue weighted by molar-refractivity contribution is 8.05. The molecule has 0 spiro atoms. The second kappa shape index (κ2) is 5.88. The van der Waals surface area contributed by atoms with E-state index in [0.717, 1.165) is 33.8 Å². The Morgan fingerprint density at radius 2 is 1.60 bits per heavy atom. The lowest BCUT2D eigenvalue weighted by Crippen LogP contribution is -2.34. The quantitative estimate of drug-likeness (QED) is 0.707. The number of para-hydroxylation sites is 1. The van der Waals surface area contributed by atoms with Crippen molar-refractivity contribution in [2.24, 2.45) is 0 Å². The average molecular weight is 349 g/mol. The van der Waals surface area contributed by atoms with Gasteiger partial charge in [0.25, 0.3) is 0 Å². The fraction of sp³-hybridized carbons (Fsp3) is 0.238. The molecule has 126 valence electrons. The number of amides is 1. The molecule has 1 amide bonds. The molecule has 0 saturated carbocycles. The summed E-state index contributed by atoms with van der Waals surface area (Å²) >= 11 is 1.50. The molecule has 2 aromatic carbocycles. The van der Waals surface area contributed by atoms with Gasteiger partial charge in [0.05, 0.1) is 9.78 Å².